The van der Waals surface area contributed by atoms with Crippen LogP contribution in [-0.4, -0.2) is 0 Å². The van der Waals surface area contributed by atoms with Crippen LogP contribution in [0.4, 0.5) is 0 Å². The van der Waals surface area contributed by atoms with Crippen LogP contribution in [0, 0.1) is 5.92 Å². The fourth-order valence-electron chi connectivity index (χ4n) is 1.29. The van der Waals surface area contributed by atoms with Gasteiger partial charge in [-0.2, -0.15) is 0 Å². The number of hydrogen-bond acceptors (Lipinski definition) is 0. The molecule has 11 heavy (non-hydrogen) atoms. The molecule has 0 amide bonds. The summed E-state index contributed by atoms with van der Waals surface area (Å²) in [6, 6.07) is 0. The van der Waals surface area contributed by atoms with Crippen molar-refractivity contribution in [3.63, 3.8) is 0 Å². The summed E-state index contributed by atoms with van der Waals surface area (Å²) in [6.07, 6.45) is 12.7. The molecule has 1 atom stereocenters. The second-order valence-electron chi connectivity index (χ2n) is 3.25. The zero-order chi connectivity index (χ0) is 8.10. The molecule has 0 aromatic carbocycles. The molecule has 60 valence electrons. The van der Waals surface area contributed by atoms with Gasteiger partial charge in [-0.25, -0.2) is 0 Å². The minimum atomic E-state index is 0.761. The molecule has 1 rings (SSSR count). The molecule has 0 radical (unpaired) electrons. The van der Waals surface area contributed by atoms with Crippen LogP contribution >= 0.6 is 0 Å². The van der Waals surface area contributed by atoms with E-state index in [1.807, 2.05) is 6.92 Å². The first kappa shape index (κ1) is 8.32. The maximum absolute atomic E-state index is 3.83. The van der Waals surface area contributed by atoms with E-state index < -0.39 is 0 Å². The fraction of sp³-hybridized carbons (Fsp3) is 0.455. The van der Waals surface area contributed by atoms with Gasteiger partial charge in [0.2, 0.25) is 0 Å². The summed E-state index contributed by atoms with van der Waals surface area (Å²) >= 11 is 0. The molecule has 0 heteroatoms. The van der Waals surface area contributed by atoms with Crippen molar-refractivity contribution in [1.29, 1.82) is 0 Å². The van der Waals surface area contributed by atoms with Crippen LogP contribution < -0.4 is 0 Å². The number of rotatable bonds is 2. The first-order valence-electron chi connectivity index (χ1n) is 4.28. The van der Waals surface area contributed by atoms with Crippen LogP contribution in [-0.2, 0) is 0 Å². The summed E-state index contributed by atoms with van der Waals surface area (Å²) < 4.78 is 0. The molecule has 0 aromatic rings. The van der Waals surface area contributed by atoms with Gasteiger partial charge in [-0.05, 0) is 32.1 Å². The summed E-state index contributed by atoms with van der Waals surface area (Å²) in [6.45, 7) is 5.87. The van der Waals surface area contributed by atoms with Crippen molar-refractivity contribution >= 4 is 0 Å². The van der Waals surface area contributed by atoms with E-state index in [4.69, 9.17) is 0 Å². The molecule has 0 nitrogen and oxygen atoms in total. The van der Waals surface area contributed by atoms with E-state index in [0.29, 0.717) is 0 Å². The van der Waals surface area contributed by atoms with Gasteiger partial charge in [0.1, 0.15) is 0 Å². The van der Waals surface area contributed by atoms with Gasteiger partial charge in [-0.1, -0.05) is 36.5 Å². The highest BCUT2D eigenvalue weighted by atomic mass is 14.1. The van der Waals surface area contributed by atoms with Gasteiger partial charge in [0.15, 0.2) is 0 Å². The van der Waals surface area contributed by atoms with Crippen LogP contribution in [0.3, 0.4) is 0 Å². The summed E-state index contributed by atoms with van der Waals surface area (Å²) in [4.78, 5) is 0. The monoisotopic (exact) mass is 148 g/mol. The lowest BCUT2D eigenvalue weighted by Crippen LogP contribution is -1.97. The molecule has 0 aliphatic heterocycles. The zero-order valence-corrected chi connectivity index (χ0v) is 7.22. The normalized spacial score (nSPS) is 24.3. The molecule has 0 saturated heterocycles. The highest BCUT2D eigenvalue weighted by Crippen LogP contribution is 2.19. The third-order valence-corrected chi connectivity index (χ3v) is 1.96. The molecule has 0 spiro atoms. The van der Waals surface area contributed by atoms with Crippen molar-refractivity contribution in [2.24, 2.45) is 5.92 Å². The smallest absolute Gasteiger partial charge is 0.0193 e. The maximum Gasteiger partial charge on any atom is -0.0193 e. The van der Waals surface area contributed by atoms with E-state index in [1.54, 1.807) is 0 Å². The molecular weight excluding hydrogens is 132 g/mol. The Morgan fingerprint density at radius 3 is 2.91 bits per heavy atom. The third kappa shape index (κ3) is 3.22. The Hall–Kier alpha value is -0.780. The minimum Gasteiger partial charge on any atom is -0.0961 e. The topological polar surface area (TPSA) is 0 Å². The average molecular weight is 148 g/mol. The van der Waals surface area contributed by atoms with Crippen LogP contribution in [0.25, 0.3) is 0 Å². The Kier molecular flexibility index (Phi) is 3.15. The lowest BCUT2D eigenvalue weighted by atomic mass is 9.94. The molecule has 0 aromatic heterocycles. The van der Waals surface area contributed by atoms with E-state index in [0.717, 1.165) is 11.5 Å². The quantitative estimate of drug-likeness (QED) is 0.415. The highest BCUT2D eigenvalue weighted by molar-refractivity contribution is 5.13. The van der Waals surface area contributed by atoms with Crippen molar-refractivity contribution in [2.75, 3.05) is 0 Å². The van der Waals surface area contributed by atoms with Gasteiger partial charge in [0.05, 0.1) is 0 Å². The molecule has 1 unspecified atom stereocenters. The number of allylic oxidation sites excluding steroid dienone is 5. The van der Waals surface area contributed by atoms with Crippen LogP contribution in [0.1, 0.15) is 26.2 Å². The highest BCUT2D eigenvalue weighted by Gasteiger charge is 2.04. The standard InChI is InChI=1S/C11H16/c1-10(2)8-9-11-6-4-3-5-7-11/h3-4,8-9,11H,1,5-7H2,2H3. The van der Waals surface area contributed by atoms with Crippen LogP contribution in [0.15, 0.2) is 36.5 Å². The lowest BCUT2D eigenvalue weighted by molar-refractivity contribution is 0.583. The van der Waals surface area contributed by atoms with Gasteiger partial charge < -0.3 is 0 Å². The van der Waals surface area contributed by atoms with Crippen molar-refractivity contribution in [2.45, 2.75) is 26.2 Å². The van der Waals surface area contributed by atoms with Gasteiger partial charge in [0.25, 0.3) is 0 Å². The predicted molar refractivity (Wildman–Crippen MR) is 50.4 cm³/mol. The maximum atomic E-state index is 3.83. The molecule has 0 heterocycles. The summed E-state index contributed by atoms with van der Waals surface area (Å²) in [5.41, 5.74) is 1.15. The first-order valence-corrected chi connectivity index (χ1v) is 4.28. The van der Waals surface area contributed by atoms with Crippen molar-refractivity contribution < 1.29 is 0 Å². The van der Waals surface area contributed by atoms with Crippen LogP contribution in [0.5, 0.6) is 0 Å². The number of hydrogen-bond donors (Lipinski definition) is 0. The molecule has 1 aliphatic rings. The van der Waals surface area contributed by atoms with Crippen molar-refractivity contribution in [3.05, 3.63) is 36.5 Å². The molecule has 0 bridgehead atoms. The molecule has 0 saturated carbocycles. The summed E-state index contributed by atoms with van der Waals surface area (Å²) in [5, 5.41) is 0. The van der Waals surface area contributed by atoms with Gasteiger partial charge >= 0.3 is 0 Å². The van der Waals surface area contributed by atoms with Crippen molar-refractivity contribution in [1.82, 2.24) is 0 Å². The van der Waals surface area contributed by atoms with E-state index in [1.165, 1.54) is 19.3 Å². The van der Waals surface area contributed by atoms with E-state index in [-0.39, 0.29) is 0 Å². The minimum absolute atomic E-state index is 0.761. The van der Waals surface area contributed by atoms with E-state index in [2.05, 4.69) is 30.9 Å². The Labute approximate surface area is 69.3 Å². The Balaban J connectivity index is 2.37. The predicted octanol–water partition coefficient (Wildman–Crippen LogP) is 3.48. The Morgan fingerprint density at radius 2 is 2.36 bits per heavy atom. The summed E-state index contributed by atoms with van der Waals surface area (Å²) in [5.74, 6) is 0.761. The summed E-state index contributed by atoms with van der Waals surface area (Å²) in [7, 11) is 0. The third-order valence-electron chi connectivity index (χ3n) is 1.96. The van der Waals surface area contributed by atoms with Gasteiger partial charge in [-0.15, -0.1) is 0 Å². The average Bonchev–Trinajstić information content (AvgIpc) is 2.03. The molecule has 1 aliphatic carbocycles. The first-order chi connectivity index (χ1) is 5.29. The molecular formula is C11H16. The van der Waals surface area contributed by atoms with E-state index >= 15 is 0 Å². The zero-order valence-electron chi connectivity index (χ0n) is 7.22. The lowest BCUT2D eigenvalue weighted by Gasteiger charge is -2.12. The molecule has 0 fully saturated rings. The van der Waals surface area contributed by atoms with Gasteiger partial charge in [0, 0.05) is 0 Å². The fourth-order valence-corrected chi connectivity index (χ4v) is 1.29. The Morgan fingerprint density at radius 1 is 1.55 bits per heavy atom. The SMILES string of the molecule is C=C(C)C=CC1CC=CCC1. The van der Waals surface area contributed by atoms with Gasteiger partial charge in [-0.3, -0.25) is 0 Å². The molecule has 0 N–H and O–H groups in total. The largest absolute Gasteiger partial charge is 0.0961 e. The van der Waals surface area contributed by atoms with Crippen molar-refractivity contribution in [3.8, 4) is 0 Å². The van der Waals surface area contributed by atoms with E-state index in [9.17, 15) is 0 Å². The second kappa shape index (κ2) is 4.17. The Bertz CT molecular complexity index is 184. The van der Waals surface area contributed by atoms with Crippen LogP contribution in [0.2, 0.25) is 0 Å². The second-order valence-corrected chi connectivity index (χ2v) is 3.25.